The maximum Gasteiger partial charge on any atom is 0.238 e. The second-order valence-corrected chi connectivity index (χ2v) is 7.74. The molecule has 0 spiro atoms. The lowest BCUT2D eigenvalue weighted by Gasteiger charge is -2.21. The van der Waals surface area contributed by atoms with Gasteiger partial charge in [-0.2, -0.15) is 0 Å². The summed E-state index contributed by atoms with van der Waals surface area (Å²) in [6.45, 7) is 2.22. The first-order valence-electron chi connectivity index (χ1n) is 9.17. The summed E-state index contributed by atoms with van der Waals surface area (Å²) in [6, 6.07) is 25.5. The van der Waals surface area contributed by atoms with E-state index in [1.54, 1.807) is 11.8 Å². The fourth-order valence-electron chi connectivity index (χ4n) is 3.09. The van der Waals surface area contributed by atoms with Gasteiger partial charge in [0, 0.05) is 4.90 Å². The van der Waals surface area contributed by atoms with Gasteiger partial charge in [0.1, 0.15) is 5.25 Å². The van der Waals surface area contributed by atoms with Gasteiger partial charge in [0.2, 0.25) is 12.7 Å². The minimum atomic E-state index is -0.333. The summed E-state index contributed by atoms with van der Waals surface area (Å²) >= 11 is 1.55. The average Bonchev–Trinajstić information content (AvgIpc) is 3.21. The van der Waals surface area contributed by atoms with E-state index in [2.05, 4.69) is 5.32 Å². The Kier molecular flexibility index (Phi) is 5.53. The second kappa shape index (κ2) is 8.40. The average molecular weight is 391 g/mol. The molecule has 0 saturated carbocycles. The van der Waals surface area contributed by atoms with Crippen LogP contribution in [0.5, 0.6) is 11.5 Å². The monoisotopic (exact) mass is 391 g/mol. The van der Waals surface area contributed by atoms with Crippen LogP contribution in [0, 0.1) is 0 Å². The van der Waals surface area contributed by atoms with E-state index < -0.39 is 0 Å². The number of carbonyl (C=O) groups is 1. The van der Waals surface area contributed by atoms with Gasteiger partial charge in [-0.25, -0.2) is 0 Å². The van der Waals surface area contributed by atoms with Gasteiger partial charge in [-0.3, -0.25) is 4.79 Å². The molecule has 1 N–H and O–H groups in total. The van der Waals surface area contributed by atoms with Gasteiger partial charge in [0.15, 0.2) is 11.5 Å². The SMILES string of the molecule is C[C@H](NC(=O)[C@H](Sc1ccccc1)c1ccccc1)c1ccc2c(c1)OCO2. The lowest BCUT2D eigenvalue weighted by molar-refractivity contribution is -0.121. The molecule has 2 atom stereocenters. The normalized spacial score (nSPS) is 14.3. The zero-order valence-electron chi connectivity index (χ0n) is 15.5. The highest BCUT2D eigenvalue weighted by atomic mass is 32.2. The number of fused-ring (bicyclic) bond motifs is 1. The number of hydrogen-bond acceptors (Lipinski definition) is 4. The standard InChI is InChI=1S/C23H21NO3S/c1-16(18-12-13-20-21(14-18)27-15-26-20)24-23(25)22(17-8-4-2-5-9-17)28-19-10-6-3-7-11-19/h2-14,16,22H,15H2,1H3,(H,24,25)/t16-,22+/m0/s1. The molecule has 1 heterocycles. The van der Waals surface area contributed by atoms with E-state index in [1.165, 1.54) is 0 Å². The minimum Gasteiger partial charge on any atom is -0.454 e. The van der Waals surface area contributed by atoms with Crippen molar-refractivity contribution in [2.75, 3.05) is 6.79 Å². The molecule has 0 saturated heterocycles. The van der Waals surface area contributed by atoms with E-state index >= 15 is 0 Å². The van der Waals surface area contributed by atoms with Crippen LogP contribution < -0.4 is 14.8 Å². The summed E-state index contributed by atoms with van der Waals surface area (Å²) in [6.07, 6.45) is 0. The van der Waals surface area contributed by atoms with Gasteiger partial charge < -0.3 is 14.8 Å². The summed E-state index contributed by atoms with van der Waals surface area (Å²) < 4.78 is 10.8. The molecular weight excluding hydrogens is 370 g/mol. The summed E-state index contributed by atoms with van der Waals surface area (Å²) in [5.41, 5.74) is 1.96. The van der Waals surface area contributed by atoms with E-state index in [0.717, 1.165) is 27.5 Å². The Morgan fingerprint density at radius 3 is 2.32 bits per heavy atom. The predicted octanol–water partition coefficient (Wildman–Crippen LogP) is 5.13. The van der Waals surface area contributed by atoms with Gasteiger partial charge >= 0.3 is 0 Å². The number of hydrogen-bond donors (Lipinski definition) is 1. The lowest BCUT2D eigenvalue weighted by atomic mass is 10.1. The molecule has 0 unspecified atom stereocenters. The third kappa shape index (κ3) is 4.15. The number of carbonyl (C=O) groups excluding carboxylic acids is 1. The maximum absolute atomic E-state index is 13.2. The Morgan fingerprint density at radius 2 is 1.57 bits per heavy atom. The van der Waals surface area contributed by atoms with Gasteiger partial charge in [-0.15, -0.1) is 11.8 Å². The molecule has 0 aromatic heterocycles. The van der Waals surface area contributed by atoms with Crippen molar-refractivity contribution in [3.63, 3.8) is 0 Å². The molecule has 0 aliphatic carbocycles. The predicted molar refractivity (Wildman–Crippen MR) is 111 cm³/mol. The number of thioether (sulfide) groups is 1. The Balaban J connectivity index is 1.53. The van der Waals surface area contributed by atoms with Crippen LogP contribution in [0.2, 0.25) is 0 Å². The highest BCUT2D eigenvalue weighted by molar-refractivity contribution is 8.00. The van der Waals surface area contributed by atoms with Crippen molar-refractivity contribution in [1.29, 1.82) is 0 Å². The molecule has 1 aliphatic rings. The third-order valence-corrected chi connectivity index (χ3v) is 5.86. The first-order valence-corrected chi connectivity index (χ1v) is 10.1. The van der Waals surface area contributed by atoms with Crippen LogP contribution in [-0.4, -0.2) is 12.7 Å². The van der Waals surface area contributed by atoms with E-state index in [-0.39, 0.29) is 24.0 Å². The van der Waals surface area contributed by atoms with Crippen LogP contribution in [0.4, 0.5) is 0 Å². The molecule has 4 rings (SSSR count). The molecule has 4 nitrogen and oxygen atoms in total. The Labute approximate surface area is 168 Å². The summed E-state index contributed by atoms with van der Waals surface area (Å²) in [5.74, 6) is 1.44. The first-order chi connectivity index (χ1) is 13.7. The van der Waals surface area contributed by atoms with Crippen molar-refractivity contribution in [2.24, 2.45) is 0 Å². The number of benzene rings is 3. The van der Waals surface area contributed by atoms with Crippen LogP contribution in [0.25, 0.3) is 0 Å². The molecule has 5 heteroatoms. The summed E-state index contributed by atoms with van der Waals surface area (Å²) in [5, 5.41) is 2.82. The second-order valence-electron chi connectivity index (χ2n) is 6.56. The zero-order valence-corrected chi connectivity index (χ0v) is 16.3. The quantitative estimate of drug-likeness (QED) is 0.592. The van der Waals surface area contributed by atoms with Crippen molar-refractivity contribution in [3.05, 3.63) is 90.0 Å². The van der Waals surface area contributed by atoms with Crippen LogP contribution in [0.3, 0.4) is 0 Å². The number of nitrogens with one attached hydrogen (secondary N) is 1. The van der Waals surface area contributed by atoms with Crippen molar-refractivity contribution < 1.29 is 14.3 Å². The van der Waals surface area contributed by atoms with Crippen LogP contribution in [0.15, 0.2) is 83.8 Å². The molecular formula is C23H21NO3S. The van der Waals surface area contributed by atoms with Crippen molar-refractivity contribution in [3.8, 4) is 11.5 Å². The fourth-order valence-corrected chi connectivity index (χ4v) is 4.15. The molecule has 1 amide bonds. The van der Waals surface area contributed by atoms with Crippen molar-refractivity contribution in [1.82, 2.24) is 5.32 Å². The van der Waals surface area contributed by atoms with Crippen molar-refractivity contribution in [2.45, 2.75) is 23.1 Å². The van der Waals surface area contributed by atoms with Crippen LogP contribution in [-0.2, 0) is 4.79 Å². The smallest absolute Gasteiger partial charge is 0.238 e. The largest absolute Gasteiger partial charge is 0.454 e. The molecule has 0 radical (unpaired) electrons. The van der Waals surface area contributed by atoms with Crippen LogP contribution >= 0.6 is 11.8 Å². The van der Waals surface area contributed by atoms with Gasteiger partial charge in [-0.05, 0) is 42.3 Å². The highest BCUT2D eigenvalue weighted by Crippen LogP contribution is 2.37. The van der Waals surface area contributed by atoms with Gasteiger partial charge in [0.25, 0.3) is 0 Å². The summed E-state index contributed by atoms with van der Waals surface area (Å²) in [4.78, 5) is 14.2. The molecule has 0 fully saturated rings. The molecule has 0 bridgehead atoms. The number of ether oxygens (including phenoxy) is 2. The van der Waals surface area contributed by atoms with E-state index in [0.29, 0.717) is 0 Å². The Morgan fingerprint density at radius 1 is 0.893 bits per heavy atom. The van der Waals surface area contributed by atoms with E-state index in [9.17, 15) is 4.79 Å². The first kappa shape index (κ1) is 18.4. The molecule has 3 aromatic rings. The lowest BCUT2D eigenvalue weighted by Crippen LogP contribution is -2.30. The molecule has 1 aliphatic heterocycles. The zero-order chi connectivity index (χ0) is 19.3. The Bertz CT molecular complexity index is 947. The fraction of sp³-hybridized carbons (Fsp3) is 0.174. The Hall–Kier alpha value is -2.92. The van der Waals surface area contributed by atoms with Gasteiger partial charge in [-0.1, -0.05) is 54.6 Å². The van der Waals surface area contributed by atoms with Gasteiger partial charge in [0.05, 0.1) is 6.04 Å². The number of amides is 1. The highest BCUT2D eigenvalue weighted by Gasteiger charge is 2.24. The third-order valence-electron chi connectivity index (χ3n) is 4.59. The van der Waals surface area contributed by atoms with E-state index in [4.69, 9.17) is 9.47 Å². The molecule has 28 heavy (non-hydrogen) atoms. The van der Waals surface area contributed by atoms with Crippen molar-refractivity contribution >= 4 is 17.7 Å². The summed E-state index contributed by atoms with van der Waals surface area (Å²) in [7, 11) is 0. The topological polar surface area (TPSA) is 47.6 Å². The van der Waals surface area contributed by atoms with E-state index in [1.807, 2.05) is 85.8 Å². The molecule has 3 aromatic carbocycles. The molecule has 142 valence electrons. The minimum absolute atomic E-state index is 0.0229. The maximum atomic E-state index is 13.2. The number of rotatable bonds is 6. The van der Waals surface area contributed by atoms with Crippen LogP contribution in [0.1, 0.15) is 29.3 Å².